The first-order valence-corrected chi connectivity index (χ1v) is 6.60. The van der Waals surface area contributed by atoms with Gasteiger partial charge in [0.1, 0.15) is 0 Å². The number of para-hydroxylation sites is 1. The van der Waals surface area contributed by atoms with Gasteiger partial charge in [-0.2, -0.15) is 0 Å². The third-order valence-electron chi connectivity index (χ3n) is 3.16. The number of rotatable bonds is 4. The molecule has 0 saturated carbocycles. The van der Waals surface area contributed by atoms with Gasteiger partial charge in [-0.15, -0.1) is 0 Å². The highest BCUT2D eigenvalue weighted by Crippen LogP contribution is 2.18. The molecule has 0 aromatic heterocycles. The van der Waals surface area contributed by atoms with Crippen molar-refractivity contribution in [2.45, 2.75) is 13.3 Å². The minimum Gasteiger partial charge on any atom is -0.322 e. The minimum absolute atomic E-state index is 0.117. The first-order chi connectivity index (χ1) is 10.2. The molecule has 0 heterocycles. The van der Waals surface area contributed by atoms with E-state index < -0.39 is 11.8 Å². The third kappa shape index (κ3) is 3.27. The van der Waals surface area contributed by atoms with Crippen molar-refractivity contribution in [1.29, 1.82) is 0 Å². The zero-order chi connectivity index (χ0) is 15.2. The highest BCUT2D eigenvalue weighted by molar-refractivity contribution is 6.12. The van der Waals surface area contributed by atoms with E-state index in [-0.39, 0.29) is 11.1 Å². The molecular weight excluding hydrogens is 268 g/mol. The van der Waals surface area contributed by atoms with E-state index in [9.17, 15) is 9.59 Å². The molecule has 0 aliphatic carbocycles. The maximum Gasteiger partial charge on any atom is 0.275 e. The Balaban J connectivity index is 2.31. The van der Waals surface area contributed by atoms with Crippen molar-refractivity contribution in [1.82, 2.24) is 5.48 Å². The van der Waals surface area contributed by atoms with E-state index in [0.717, 1.165) is 12.0 Å². The topological polar surface area (TPSA) is 78.4 Å². The summed E-state index contributed by atoms with van der Waals surface area (Å²) in [4.78, 5) is 23.9. The normalized spacial score (nSPS) is 10.0. The number of carbonyl (C=O) groups is 2. The van der Waals surface area contributed by atoms with Gasteiger partial charge in [-0.1, -0.05) is 37.3 Å². The van der Waals surface area contributed by atoms with Gasteiger partial charge in [0, 0.05) is 5.69 Å². The van der Waals surface area contributed by atoms with E-state index in [0.29, 0.717) is 5.69 Å². The zero-order valence-electron chi connectivity index (χ0n) is 11.6. The van der Waals surface area contributed by atoms with Crippen LogP contribution < -0.4 is 10.8 Å². The highest BCUT2D eigenvalue weighted by Gasteiger charge is 2.16. The van der Waals surface area contributed by atoms with Crippen molar-refractivity contribution in [3.63, 3.8) is 0 Å². The summed E-state index contributed by atoms with van der Waals surface area (Å²) in [7, 11) is 0. The van der Waals surface area contributed by atoms with Crippen molar-refractivity contribution in [2.75, 3.05) is 5.32 Å². The summed E-state index contributed by atoms with van der Waals surface area (Å²) in [5.74, 6) is -1.11. The molecular formula is C16H16N2O3. The summed E-state index contributed by atoms with van der Waals surface area (Å²) in [6.07, 6.45) is 0.787. The molecule has 3 N–H and O–H groups in total. The number of anilines is 1. The summed E-state index contributed by atoms with van der Waals surface area (Å²) in [5.41, 5.74) is 3.59. The number of nitrogens with one attached hydrogen (secondary N) is 2. The van der Waals surface area contributed by atoms with Crippen LogP contribution in [0.15, 0.2) is 48.5 Å². The lowest BCUT2D eigenvalue weighted by molar-refractivity contribution is 0.0703. The van der Waals surface area contributed by atoms with Gasteiger partial charge in [-0.3, -0.25) is 14.8 Å². The molecule has 0 fully saturated rings. The van der Waals surface area contributed by atoms with E-state index in [1.807, 2.05) is 31.2 Å². The van der Waals surface area contributed by atoms with Crippen LogP contribution >= 0.6 is 0 Å². The molecule has 0 saturated heterocycles. The molecule has 2 rings (SSSR count). The summed E-state index contributed by atoms with van der Waals surface area (Å²) in [6.45, 7) is 2.00. The zero-order valence-corrected chi connectivity index (χ0v) is 11.6. The Kier molecular flexibility index (Phi) is 4.68. The van der Waals surface area contributed by atoms with Gasteiger partial charge in [0.05, 0.1) is 11.1 Å². The Morgan fingerprint density at radius 2 is 1.52 bits per heavy atom. The Hall–Kier alpha value is -2.66. The molecule has 108 valence electrons. The number of amides is 2. The molecule has 0 aliphatic rings. The highest BCUT2D eigenvalue weighted by atomic mass is 16.5. The van der Waals surface area contributed by atoms with E-state index in [1.165, 1.54) is 12.1 Å². The van der Waals surface area contributed by atoms with Crippen molar-refractivity contribution in [3.05, 3.63) is 65.2 Å². The van der Waals surface area contributed by atoms with Crippen LogP contribution in [0.5, 0.6) is 0 Å². The van der Waals surface area contributed by atoms with Crippen LogP contribution in [0.3, 0.4) is 0 Å². The second-order valence-electron chi connectivity index (χ2n) is 4.45. The van der Waals surface area contributed by atoms with Crippen molar-refractivity contribution >= 4 is 17.5 Å². The molecule has 0 bridgehead atoms. The lowest BCUT2D eigenvalue weighted by Crippen LogP contribution is -2.24. The van der Waals surface area contributed by atoms with Crippen LogP contribution in [0.2, 0.25) is 0 Å². The van der Waals surface area contributed by atoms with Crippen LogP contribution in [0.4, 0.5) is 5.69 Å². The molecule has 2 aromatic rings. The van der Waals surface area contributed by atoms with Gasteiger partial charge in [0.25, 0.3) is 11.8 Å². The fourth-order valence-electron chi connectivity index (χ4n) is 2.08. The first-order valence-electron chi connectivity index (χ1n) is 6.60. The number of carbonyl (C=O) groups excluding carboxylic acids is 2. The lowest BCUT2D eigenvalue weighted by atomic mass is 10.1. The predicted octanol–water partition coefficient (Wildman–Crippen LogP) is 2.62. The molecule has 21 heavy (non-hydrogen) atoms. The third-order valence-corrected chi connectivity index (χ3v) is 3.16. The van der Waals surface area contributed by atoms with Gasteiger partial charge < -0.3 is 5.32 Å². The van der Waals surface area contributed by atoms with Crippen molar-refractivity contribution < 1.29 is 14.8 Å². The van der Waals surface area contributed by atoms with Gasteiger partial charge in [-0.25, -0.2) is 5.48 Å². The largest absolute Gasteiger partial charge is 0.322 e. The average Bonchev–Trinajstić information content (AvgIpc) is 2.54. The summed E-state index contributed by atoms with van der Waals surface area (Å²) < 4.78 is 0. The van der Waals surface area contributed by atoms with E-state index in [2.05, 4.69) is 5.32 Å². The number of hydrogen-bond donors (Lipinski definition) is 3. The van der Waals surface area contributed by atoms with Crippen molar-refractivity contribution in [2.24, 2.45) is 0 Å². The monoisotopic (exact) mass is 284 g/mol. The SMILES string of the molecule is CCc1ccccc1NC(=O)c1ccccc1C(=O)NO. The lowest BCUT2D eigenvalue weighted by Gasteiger charge is -2.11. The molecule has 2 aromatic carbocycles. The van der Waals surface area contributed by atoms with Gasteiger partial charge in [-0.05, 0) is 30.2 Å². The van der Waals surface area contributed by atoms with Gasteiger partial charge in [0.15, 0.2) is 0 Å². The standard InChI is InChI=1S/C16H16N2O3/c1-2-11-7-3-6-10-14(11)17-15(19)12-8-4-5-9-13(12)16(20)18-21/h3-10,21H,2H2,1H3,(H,17,19)(H,18,20). The number of aryl methyl sites for hydroxylation is 1. The fraction of sp³-hybridized carbons (Fsp3) is 0.125. The smallest absolute Gasteiger partial charge is 0.275 e. The Morgan fingerprint density at radius 1 is 0.952 bits per heavy atom. The number of hydrogen-bond acceptors (Lipinski definition) is 3. The number of hydroxylamine groups is 1. The molecule has 0 radical (unpaired) electrons. The Bertz CT molecular complexity index is 668. The van der Waals surface area contributed by atoms with Crippen molar-refractivity contribution in [3.8, 4) is 0 Å². The maximum absolute atomic E-state index is 12.4. The van der Waals surface area contributed by atoms with Crippen LogP contribution in [0, 0.1) is 0 Å². The average molecular weight is 284 g/mol. The van der Waals surface area contributed by atoms with Crippen LogP contribution in [0.1, 0.15) is 33.2 Å². The Morgan fingerprint density at radius 3 is 2.14 bits per heavy atom. The predicted molar refractivity (Wildman–Crippen MR) is 79.5 cm³/mol. The molecule has 2 amide bonds. The van der Waals surface area contributed by atoms with Gasteiger partial charge in [0.2, 0.25) is 0 Å². The molecule has 0 spiro atoms. The fourth-order valence-corrected chi connectivity index (χ4v) is 2.08. The van der Waals surface area contributed by atoms with Crippen LogP contribution in [-0.2, 0) is 6.42 Å². The second kappa shape index (κ2) is 6.67. The quantitative estimate of drug-likeness (QED) is 0.596. The Labute approximate surface area is 122 Å². The molecule has 0 atom stereocenters. The minimum atomic E-state index is -0.718. The van der Waals surface area contributed by atoms with Crippen LogP contribution in [0.25, 0.3) is 0 Å². The summed E-state index contributed by atoms with van der Waals surface area (Å²) >= 11 is 0. The molecule has 0 unspecified atom stereocenters. The molecule has 0 aliphatic heterocycles. The van der Waals surface area contributed by atoms with Crippen LogP contribution in [-0.4, -0.2) is 17.0 Å². The molecule has 5 nitrogen and oxygen atoms in total. The second-order valence-corrected chi connectivity index (χ2v) is 4.45. The summed E-state index contributed by atoms with van der Waals surface area (Å²) in [6, 6.07) is 13.8. The van der Waals surface area contributed by atoms with Gasteiger partial charge >= 0.3 is 0 Å². The van der Waals surface area contributed by atoms with E-state index >= 15 is 0 Å². The molecule has 5 heteroatoms. The first kappa shape index (κ1) is 14.7. The summed E-state index contributed by atoms with van der Waals surface area (Å²) in [5, 5.41) is 11.5. The number of benzene rings is 2. The van der Waals surface area contributed by atoms with E-state index in [1.54, 1.807) is 17.6 Å². The van der Waals surface area contributed by atoms with E-state index in [4.69, 9.17) is 5.21 Å². The maximum atomic E-state index is 12.4.